The van der Waals surface area contributed by atoms with Crippen molar-refractivity contribution in [3.63, 3.8) is 0 Å². The van der Waals surface area contributed by atoms with Crippen LogP contribution >= 0.6 is 47.8 Å². The molecule has 6 aromatic carbocycles. The van der Waals surface area contributed by atoms with Crippen LogP contribution in [0.25, 0.3) is 11.3 Å². The molecule has 0 saturated heterocycles. The van der Waals surface area contributed by atoms with Gasteiger partial charge in [0.15, 0.2) is 24.6 Å². The number of hydrogen-bond donors (Lipinski definition) is 12. The van der Waals surface area contributed by atoms with Gasteiger partial charge in [0.2, 0.25) is 0 Å². The van der Waals surface area contributed by atoms with Gasteiger partial charge in [0.25, 0.3) is 18.3 Å². The van der Waals surface area contributed by atoms with Gasteiger partial charge >= 0.3 is 142 Å². The Balaban J connectivity index is -0.000000449. The van der Waals surface area contributed by atoms with Gasteiger partial charge in [0.05, 0.1) is 90.0 Å². The smallest absolute Gasteiger partial charge is 1.00 e. The maximum atomic E-state index is 12.9. The number of phenols is 1. The molecule has 0 bridgehead atoms. The zero-order chi connectivity index (χ0) is 91.6. The molecule has 0 aliphatic rings. The summed E-state index contributed by atoms with van der Waals surface area (Å²) in [6.45, 7) is 3.82. The molecule has 0 aliphatic heterocycles. The summed E-state index contributed by atoms with van der Waals surface area (Å²) < 4.78 is 158. The Kier molecular flexibility index (Phi) is 60.5. The first-order valence-electron chi connectivity index (χ1n) is 32.9. The van der Waals surface area contributed by atoms with Gasteiger partial charge in [0, 0.05) is 12.7 Å². The Labute approximate surface area is 802 Å². The fraction of sp³-hybridized carbons (Fsp3) is 0.147. The number of nitrogens with two attached hydrogens (primary N) is 2. The summed E-state index contributed by atoms with van der Waals surface area (Å²) in [6.07, 6.45) is -17.3. The number of halogens is 14. The molecule has 0 aliphatic carbocycles. The number of hydrogen-bond acceptors (Lipinski definition) is 27. The van der Waals surface area contributed by atoms with Gasteiger partial charge in [-0.1, -0.05) is 62.4 Å². The average Bonchev–Trinajstić information content (AvgIpc) is 0.823. The fourth-order valence-electron chi connectivity index (χ4n) is 7.96. The van der Waals surface area contributed by atoms with Gasteiger partial charge in [-0.25, -0.2) is 29.1 Å². The van der Waals surface area contributed by atoms with E-state index in [1.165, 1.54) is 86.0 Å². The molecule has 16 N–H and O–H groups in total. The van der Waals surface area contributed by atoms with Crippen LogP contribution in [0.2, 0.25) is 0 Å². The number of esters is 1. The summed E-state index contributed by atoms with van der Waals surface area (Å²) in [7, 11) is -1.87. The number of benzene rings is 6. The minimum absolute atomic E-state index is 0. The number of phenolic OH excluding ortho intramolecular Hbond substituents is 1. The van der Waals surface area contributed by atoms with Crippen molar-refractivity contribution in [1.29, 1.82) is 15.8 Å². The van der Waals surface area contributed by atoms with Crippen LogP contribution in [0.4, 0.5) is 48.3 Å². The van der Waals surface area contributed by atoms with Crippen molar-refractivity contribution < 1.29 is 248 Å². The number of nitriles is 3. The topological polar surface area (TPSA) is 537 Å². The van der Waals surface area contributed by atoms with Crippen LogP contribution < -0.4 is 146 Å². The minimum Gasteiger partial charge on any atom is -1.00 e. The Morgan fingerprint density at radius 1 is 0.533 bits per heavy atom. The number of aromatic nitrogens is 4. The molecule has 2 amide bonds. The largest absolute Gasteiger partial charge is 1.00 e. The van der Waals surface area contributed by atoms with Crippen LogP contribution in [0, 0.1) is 39.8 Å². The molecular weight excluding hydrogens is 1890 g/mol. The van der Waals surface area contributed by atoms with Crippen molar-refractivity contribution in [2.24, 2.45) is 11.5 Å². The number of ether oxygens (including phenoxy) is 3. The van der Waals surface area contributed by atoms with E-state index in [-0.39, 0.29) is 162 Å². The van der Waals surface area contributed by atoms with Crippen LogP contribution in [-0.4, -0.2) is 132 Å². The molecule has 122 heavy (non-hydrogen) atoms. The molecule has 47 heteroatoms. The van der Waals surface area contributed by atoms with Gasteiger partial charge in [-0.05, 0) is 210 Å². The molecule has 4 heterocycles. The van der Waals surface area contributed by atoms with Crippen molar-refractivity contribution in [2.45, 2.75) is 50.7 Å². The Hall–Kier alpha value is -8.99. The van der Waals surface area contributed by atoms with E-state index in [1.54, 1.807) is 84.9 Å². The number of amides is 2. The zero-order valence-electron chi connectivity index (χ0n) is 66.2. The Bertz CT molecular complexity index is 5000. The maximum absolute atomic E-state index is 12.9. The number of nitrogens with zero attached hydrogens (tertiary/aromatic N) is 7. The summed E-state index contributed by atoms with van der Waals surface area (Å²) in [5.74, 6) is -2.42. The van der Waals surface area contributed by atoms with Gasteiger partial charge in [-0.15, -0.1) is 0 Å². The van der Waals surface area contributed by atoms with E-state index in [4.69, 9.17) is 83.6 Å². The third-order valence-electron chi connectivity index (χ3n) is 13.2. The number of rotatable bonds is 15. The standard InChI is InChI=1S/C21H14F3N3O3.C14H9BF3NO3.C8H8BrNO3.C8H3F4N.C7H7BrN2O2.C6H7BO3.C6H4BrNO.C2H6.CH3F.CH2O3.CH4O.2K.H3N.H/c22-21(23,24)16-9-8-15(10-13(16)11-25)30-14-6-4-12(5-7-14)17-2-1-3-18(27-17)19(28)20(26)29;16-14(17,18)13-6-5-12(7-9(13)8-19)22-11-3-1-10(2-4-11)15(20)21;1-13-8(12)7(11)5-3-2-4-6(9)10-5;9-6-1-2-7(8(10,11)12)5(3-6)4-13;8-5-3-1-2-4(10-5)6(11)7(9)12;8-6-3-1-5(2-4-6)7(9)10;7-6-3-1-2-5(4-9)8-6;2*1-2;2-1-4-3;1-2;;;;/h1-10,19,28H,(H2,26,29);1-7,20-21H;2-4,7,11H,1H3;1-3H;1-3,6,11H,(H2,9,12);1-4,8-10H;1-4H;1-2H3;1H3;1,3H;2H,1H3;;;1H3;/q;;;;;;;;;;;2*+1;;-1/p-1/i;;;;;;;;1D;;;;;;. The monoisotopic (exact) mass is 1960 g/mol. The molecule has 0 fully saturated rings. The van der Waals surface area contributed by atoms with E-state index < -0.39 is 115 Å². The number of primary amides is 2. The molecular formula is C75H70B2Br3F11K2N10O19. The predicted molar refractivity (Wildman–Crippen MR) is 419 cm³/mol. The quantitative estimate of drug-likeness (QED) is 0.0125. The second kappa shape index (κ2) is 63.0. The summed E-state index contributed by atoms with van der Waals surface area (Å²) in [6, 6.07) is 49.4. The molecule has 0 saturated carbocycles. The van der Waals surface area contributed by atoms with Crippen LogP contribution in [0.3, 0.4) is 0 Å². The average molecular weight is 1960 g/mol. The number of pyridine rings is 4. The van der Waals surface area contributed by atoms with Gasteiger partial charge < -0.3 is 89.0 Å². The number of alkyl halides is 10. The Morgan fingerprint density at radius 2 is 0.852 bits per heavy atom. The number of carbonyl (C=O) groups is 5. The SMILES string of the molecule is CC.CO.COC(=O)C(O)c1cccc(Br)n1.N.N#Cc1cc(F)ccc1C(F)(F)F.N#Cc1cc(Oc2ccc(-c3cccc(C(O)C(N)=O)n3)cc2)ccc1C(F)(F)F.N#Cc1cc(Oc2ccc(B(O)O)cc2)ccc1C(F)(F)F.NC(=O)C(O)c1cccc(Br)n1.O=CO[O-].O=Cc1cccc(Br)n1.OB(O)c1ccc(O)cc1.[2H]CF.[H-].[K+].[K+]. The summed E-state index contributed by atoms with van der Waals surface area (Å²) in [5.41, 5.74) is 7.81. The van der Waals surface area contributed by atoms with E-state index in [0.717, 1.165) is 43.5 Å². The molecule has 0 radical (unpaired) electrons. The van der Waals surface area contributed by atoms with Gasteiger partial charge in [-0.2, -0.15) is 55.3 Å². The second-order valence-corrected chi connectivity index (χ2v) is 23.5. The van der Waals surface area contributed by atoms with E-state index in [0.29, 0.717) is 66.5 Å². The van der Waals surface area contributed by atoms with Crippen molar-refractivity contribution in [2.75, 3.05) is 21.4 Å². The van der Waals surface area contributed by atoms with Crippen molar-refractivity contribution in [3.05, 3.63) is 276 Å². The molecule has 640 valence electrons. The van der Waals surface area contributed by atoms with E-state index in [1.807, 2.05) is 13.8 Å². The Morgan fingerprint density at radius 3 is 1.17 bits per heavy atom. The number of carbonyl (C=O) groups excluding carboxylic acids is 5. The number of aliphatic hydroxyl groups excluding tert-OH is 4. The number of methoxy groups -OCH3 is 1. The van der Waals surface area contributed by atoms with Crippen LogP contribution in [0.5, 0.6) is 28.7 Å². The van der Waals surface area contributed by atoms with Crippen molar-refractivity contribution >= 4 is 103 Å². The van der Waals surface area contributed by atoms with Crippen LogP contribution in [0.1, 0.15) is 95.9 Å². The molecule has 10 rings (SSSR count). The number of aliphatic hydroxyl groups is 4. The number of aromatic hydroxyl groups is 1. The third kappa shape index (κ3) is 44.9. The van der Waals surface area contributed by atoms with Crippen LogP contribution in [-0.2, 0) is 47.3 Å². The molecule has 3 atom stereocenters. The molecule has 10 aromatic rings. The first-order valence-corrected chi connectivity index (χ1v) is 34.5. The fourth-order valence-corrected chi connectivity index (χ4v) is 9.03. The van der Waals surface area contributed by atoms with Gasteiger partial charge in [-0.3, -0.25) is 23.6 Å². The van der Waals surface area contributed by atoms with E-state index in [2.05, 4.69) is 77.4 Å². The van der Waals surface area contributed by atoms with Crippen molar-refractivity contribution in [1.82, 2.24) is 26.1 Å². The minimum atomic E-state index is -4.63. The van der Waals surface area contributed by atoms with Crippen molar-refractivity contribution in [3.8, 4) is 58.2 Å². The first-order chi connectivity index (χ1) is 56.5. The molecule has 29 nitrogen and oxygen atoms in total. The van der Waals surface area contributed by atoms with E-state index in [9.17, 15) is 77.7 Å². The third-order valence-corrected chi connectivity index (χ3v) is 14.5. The number of aldehydes is 1. The summed E-state index contributed by atoms with van der Waals surface area (Å²) >= 11 is 9.37. The molecule has 3 unspecified atom stereocenters. The molecule has 4 aromatic heterocycles. The zero-order valence-corrected chi connectivity index (χ0v) is 75.2. The maximum Gasteiger partial charge on any atom is 1.00 e. The molecule has 0 spiro atoms. The normalized spacial score (nSPS) is 10.5. The predicted octanol–water partition coefficient (Wildman–Crippen LogP) is 4.79. The summed E-state index contributed by atoms with van der Waals surface area (Å²) in [4.78, 5) is 69.7. The first kappa shape index (κ1) is 117. The van der Waals surface area contributed by atoms with Gasteiger partial charge in [0.1, 0.15) is 54.1 Å². The van der Waals surface area contributed by atoms with Crippen LogP contribution in [0.15, 0.2) is 214 Å². The van der Waals surface area contributed by atoms with E-state index >= 15 is 0 Å². The summed E-state index contributed by atoms with van der Waals surface area (Å²) in [5, 5.41) is 114. The second-order valence-electron chi connectivity index (χ2n) is 21.0.